The van der Waals surface area contributed by atoms with Crippen LogP contribution in [0.4, 0.5) is 5.82 Å². The smallest absolute Gasteiger partial charge is 0.305 e. The molecule has 4 rings (SSSR count). The second-order valence-electron chi connectivity index (χ2n) is 11.4. The molecule has 2 aliphatic rings. The number of carbonyl (C=O) groups excluding carboxylic acids is 2. The number of halogens is 1. The van der Waals surface area contributed by atoms with Gasteiger partial charge >= 0.3 is 5.97 Å². The van der Waals surface area contributed by atoms with Crippen molar-refractivity contribution < 1.29 is 14.3 Å². The van der Waals surface area contributed by atoms with Gasteiger partial charge in [0.15, 0.2) is 11.5 Å². The van der Waals surface area contributed by atoms with Crippen molar-refractivity contribution in [2.75, 3.05) is 24.6 Å². The van der Waals surface area contributed by atoms with Gasteiger partial charge in [-0.1, -0.05) is 36.9 Å². The number of hydrogen-bond donors (Lipinski definition) is 2. The van der Waals surface area contributed by atoms with Crippen LogP contribution in [0.5, 0.6) is 0 Å². The average Bonchev–Trinajstić information content (AvgIpc) is 3.01. The number of aromatic nitrogens is 2. The maximum absolute atomic E-state index is 12.8. The van der Waals surface area contributed by atoms with Crippen molar-refractivity contribution in [2.45, 2.75) is 96.2 Å². The Balaban J connectivity index is 1.11. The fraction of sp³-hybridized carbons (Fsp3) is 0.594. The van der Waals surface area contributed by atoms with Crippen LogP contribution >= 0.6 is 11.6 Å². The molecule has 1 saturated heterocycles. The predicted molar refractivity (Wildman–Crippen MR) is 163 cm³/mol. The summed E-state index contributed by atoms with van der Waals surface area (Å²) >= 11 is 6.15. The van der Waals surface area contributed by atoms with Crippen LogP contribution in [0.1, 0.15) is 99.2 Å². The van der Waals surface area contributed by atoms with E-state index in [1.54, 1.807) is 12.1 Å². The largest absolute Gasteiger partial charge is 0.466 e. The van der Waals surface area contributed by atoms with E-state index in [1.807, 2.05) is 25.1 Å². The van der Waals surface area contributed by atoms with E-state index in [0.29, 0.717) is 47.8 Å². The number of rotatable bonds is 13. The molecule has 2 fully saturated rings. The molecule has 2 N–H and O–H groups in total. The van der Waals surface area contributed by atoms with E-state index in [-0.39, 0.29) is 17.9 Å². The zero-order valence-corrected chi connectivity index (χ0v) is 25.4. The number of ether oxygens (including phenoxy) is 1. The number of hydrogen-bond acceptors (Lipinski definition) is 8. The minimum absolute atomic E-state index is 0.0877. The molecule has 1 aromatic carbocycles. The Morgan fingerprint density at radius 2 is 1.79 bits per heavy atom. The van der Waals surface area contributed by atoms with Gasteiger partial charge in [-0.15, -0.1) is 10.2 Å². The molecule has 0 bridgehead atoms. The van der Waals surface area contributed by atoms with Crippen LogP contribution in [0.2, 0.25) is 5.02 Å². The van der Waals surface area contributed by atoms with E-state index in [1.165, 1.54) is 6.42 Å². The molecule has 0 radical (unpaired) electrons. The highest BCUT2D eigenvalue weighted by molar-refractivity contribution is 6.31. The first kappa shape index (κ1) is 31.7. The van der Waals surface area contributed by atoms with Crippen molar-refractivity contribution in [2.24, 2.45) is 5.92 Å². The Morgan fingerprint density at radius 1 is 1.02 bits per heavy atom. The molecule has 1 amide bonds. The number of unbranched alkanes of at least 4 members (excludes halogenated alkanes) is 2. The molecule has 1 saturated carbocycles. The molecule has 10 heteroatoms. The maximum atomic E-state index is 12.8. The SMILES string of the molecule is CCOC(=O)CCCCCC1CCN(c2ccc(C(=O)NC3CCC(NCc4ccc(C#N)c(Cl)c4)CC3)nn2)CC1. The van der Waals surface area contributed by atoms with Crippen molar-refractivity contribution in [3.05, 3.63) is 52.2 Å². The molecule has 1 aliphatic carbocycles. The number of carbonyl (C=O) groups is 2. The molecule has 1 aromatic heterocycles. The number of anilines is 1. The van der Waals surface area contributed by atoms with Gasteiger partial charge in [0, 0.05) is 38.1 Å². The summed E-state index contributed by atoms with van der Waals surface area (Å²) in [4.78, 5) is 26.5. The van der Waals surface area contributed by atoms with Gasteiger partial charge in [-0.2, -0.15) is 5.26 Å². The van der Waals surface area contributed by atoms with E-state index in [4.69, 9.17) is 21.6 Å². The summed E-state index contributed by atoms with van der Waals surface area (Å²) in [5, 5.41) is 24.9. The normalized spacial score (nSPS) is 19.2. The fourth-order valence-corrected chi connectivity index (χ4v) is 6.15. The molecular formula is C32H43ClN6O3. The summed E-state index contributed by atoms with van der Waals surface area (Å²) in [6, 6.07) is 11.8. The molecule has 0 spiro atoms. The van der Waals surface area contributed by atoms with Crippen molar-refractivity contribution in [1.82, 2.24) is 20.8 Å². The third-order valence-electron chi connectivity index (χ3n) is 8.43. The Bertz CT molecular complexity index is 1200. The second kappa shape index (κ2) is 16.4. The number of esters is 1. The van der Waals surface area contributed by atoms with E-state index in [9.17, 15) is 9.59 Å². The number of nitrogens with one attached hydrogen (secondary N) is 2. The van der Waals surface area contributed by atoms with Gasteiger partial charge in [-0.25, -0.2) is 0 Å². The highest BCUT2D eigenvalue weighted by Gasteiger charge is 2.24. The summed E-state index contributed by atoms with van der Waals surface area (Å²) < 4.78 is 4.99. The number of amides is 1. The van der Waals surface area contributed by atoms with E-state index >= 15 is 0 Å². The van der Waals surface area contributed by atoms with Crippen LogP contribution in [-0.4, -0.2) is 53.9 Å². The van der Waals surface area contributed by atoms with Crippen molar-refractivity contribution >= 4 is 29.3 Å². The highest BCUT2D eigenvalue weighted by Crippen LogP contribution is 2.26. The first-order valence-corrected chi connectivity index (χ1v) is 15.8. The van der Waals surface area contributed by atoms with E-state index in [0.717, 1.165) is 82.3 Å². The Kier molecular flexibility index (Phi) is 12.4. The zero-order valence-electron chi connectivity index (χ0n) is 24.6. The van der Waals surface area contributed by atoms with Gasteiger partial charge in [-0.3, -0.25) is 9.59 Å². The molecule has 42 heavy (non-hydrogen) atoms. The lowest BCUT2D eigenvalue weighted by atomic mass is 9.91. The summed E-state index contributed by atoms with van der Waals surface area (Å²) in [5.41, 5.74) is 1.90. The topological polar surface area (TPSA) is 120 Å². The lowest BCUT2D eigenvalue weighted by molar-refractivity contribution is -0.143. The third kappa shape index (κ3) is 9.67. The van der Waals surface area contributed by atoms with Crippen molar-refractivity contribution in [3.63, 3.8) is 0 Å². The Hall–Kier alpha value is -3.22. The predicted octanol–water partition coefficient (Wildman–Crippen LogP) is 5.56. The summed E-state index contributed by atoms with van der Waals surface area (Å²) in [6.07, 6.45) is 10.9. The minimum Gasteiger partial charge on any atom is -0.466 e. The van der Waals surface area contributed by atoms with Gasteiger partial charge < -0.3 is 20.3 Å². The zero-order chi connectivity index (χ0) is 29.7. The van der Waals surface area contributed by atoms with Crippen LogP contribution in [0.25, 0.3) is 0 Å². The average molecular weight is 595 g/mol. The summed E-state index contributed by atoms with van der Waals surface area (Å²) in [6.45, 7) is 4.89. The van der Waals surface area contributed by atoms with Gasteiger partial charge in [0.1, 0.15) is 6.07 Å². The quantitative estimate of drug-likeness (QED) is 0.228. The molecular weight excluding hydrogens is 552 g/mol. The maximum Gasteiger partial charge on any atom is 0.305 e. The Morgan fingerprint density at radius 3 is 2.45 bits per heavy atom. The van der Waals surface area contributed by atoms with Crippen LogP contribution in [0.15, 0.2) is 30.3 Å². The first-order chi connectivity index (χ1) is 20.4. The first-order valence-electron chi connectivity index (χ1n) is 15.4. The third-order valence-corrected chi connectivity index (χ3v) is 8.74. The molecule has 1 aliphatic heterocycles. The number of piperidine rings is 1. The minimum atomic E-state index is -0.167. The van der Waals surface area contributed by atoms with E-state index < -0.39 is 0 Å². The van der Waals surface area contributed by atoms with Crippen molar-refractivity contribution in [3.8, 4) is 6.07 Å². The van der Waals surface area contributed by atoms with E-state index in [2.05, 4.69) is 31.8 Å². The standard InChI is InChI=1S/C32H43ClN6O3/c1-2-42-31(40)7-5-3-4-6-23-16-18-39(19-17-23)30-15-14-29(37-38-30)32(41)36-27-12-10-26(11-13-27)35-22-24-8-9-25(21-34)28(33)20-24/h8-9,14-15,20,23,26-27,35H,2-7,10-13,16-19,22H2,1H3,(H,36,41). The van der Waals surface area contributed by atoms with Gasteiger partial charge in [0.05, 0.1) is 17.2 Å². The number of nitrogens with zero attached hydrogens (tertiary/aromatic N) is 4. The molecule has 0 unspecified atom stereocenters. The summed E-state index contributed by atoms with van der Waals surface area (Å²) in [7, 11) is 0. The van der Waals surface area contributed by atoms with Gasteiger partial charge in [0.2, 0.25) is 0 Å². The summed E-state index contributed by atoms with van der Waals surface area (Å²) in [5.74, 6) is 1.28. The van der Waals surface area contributed by atoms with Crippen molar-refractivity contribution in [1.29, 1.82) is 5.26 Å². The van der Waals surface area contributed by atoms with Crippen LogP contribution in [0, 0.1) is 17.2 Å². The van der Waals surface area contributed by atoms with Gasteiger partial charge in [0.25, 0.3) is 5.91 Å². The number of benzene rings is 1. The molecule has 9 nitrogen and oxygen atoms in total. The van der Waals surface area contributed by atoms with Gasteiger partial charge in [-0.05, 0) is 87.6 Å². The molecule has 0 atom stereocenters. The lowest BCUT2D eigenvalue weighted by Gasteiger charge is -2.32. The second-order valence-corrected chi connectivity index (χ2v) is 11.8. The van der Waals surface area contributed by atoms with Crippen LogP contribution in [-0.2, 0) is 16.1 Å². The Labute approximate surface area is 254 Å². The highest BCUT2D eigenvalue weighted by atomic mass is 35.5. The molecule has 2 heterocycles. The van der Waals surface area contributed by atoms with Crippen LogP contribution in [0.3, 0.4) is 0 Å². The fourth-order valence-electron chi connectivity index (χ4n) is 5.90. The lowest BCUT2D eigenvalue weighted by Crippen LogP contribution is -2.42. The monoisotopic (exact) mass is 594 g/mol. The molecule has 2 aromatic rings. The number of nitriles is 1. The van der Waals surface area contributed by atoms with Crippen LogP contribution < -0.4 is 15.5 Å². The molecule has 226 valence electrons.